The summed E-state index contributed by atoms with van der Waals surface area (Å²) in [4.78, 5) is 0. The Balaban J connectivity index is -0.0000000213. The fourth-order valence-electron chi connectivity index (χ4n) is 0.340. The molecule has 12 heavy (non-hydrogen) atoms. The molecule has 1 aliphatic carbocycles. The van der Waals surface area contributed by atoms with E-state index in [-0.39, 0.29) is 51.0 Å². The van der Waals surface area contributed by atoms with Crippen molar-refractivity contribution < 1.29 is 26.2 Å². The molecule has 0 aromatic rings. The van der Waals surface area contributed by atoms with Gasteiger partial charge in [0.15, 0.2) is 0 Å². The Morgan fingerprint density at radius 3 is 1.58 bits per heavy atom. The van der Waals surface area contributed by atoms with Gasteiger partial charge in [-0.15, -0.1) is 31.2 Å². The van der Waals surface area contributed by atoms with Crippen LogP contribution in [0.25, 0.3) is 0 Å². The van der Waals surface area contributed by atoms with Crippen molar-refractivity contribution in [3.63, 3.8) is 0 Å². The number of hydrogen-bond donors (Lipinski definition) is 0. The van der Waals surface area contributed by atoms with Crippen molar-refractivity contribution >= 4 is 24.8 Å². The second-order valence-electron chi connectivity index (χ2n) is 1.00. The van der Waals surface area contributed by atoms with E-state index in [0.717, 1.165) is 6.42 Å². The van der Waals surface area contributed by atoms with E-state index in [2.05, 4.69) is 26.0 Å². The molecule has 0 spiro atoms. The van der Waals surface area contributed by atoms with Crippen LogP contribution in [-0.2, 0) is 26.2 Å². The molecule has 0 bridgehead atoms. The summed E-state index contributed by atoms with van der Waals surface area (Å²) in [6.45, 7) is 10.0. The Labute approximate surface area is 109 Å². The first kappa shape index (κ1) is 29.3. The predicted molar refractivity (Wildman–Crippen MR) is 58.1 cm³/mol. The van der Waals surface area contributed by atoms with E-state index in [1.165, 1.54) is 0 Å². The summed E-state index contributed by atoms with van der Waals surface area (Å²) in [5, 5.41) is 0. The third-order valence-corrected chi connectivity index (χ3v) is 0.586. The SMILES string of the molecule is Cl.Cl.[C-]1=CC=CC1.[CH2-]C.[CH2-]C.[Zr+3]. The second kappa shape index (κ2) is 40.5. The fraction of sp³-hybridized carbons (Fsp3) is 0.333. The standard InChI is InChI=1S/C5H5.2C2H5.2ClH.Zr/c1-2-4-5-3-1;2*1-2;;;/h1-3H,4H2;2*1H2,2H3;2*1H;/q3*-1;;;+3. The molecule has 0 aliphatic heterocycles. The van der Waals surface area contributed by atoms with Crippen molar-refractivity contribution in [2.75, 3.05) is 0 Å². The Bertz CT molecular complexity index is 70.6. The van der Waals surface area contributed by atoms with Crippen molar-refractivity contribution in [3.05, 3.63) is 38.2 Å². The maximum atomic E-state index is 3.25. The van der Waals surface area contributed by atoms with E-state index in [1.54, 1.807) is 13.8 Å². The molecule has 0 heterocycles. The molecule has 71 valence electrons. The van der Waals surface area contributed by atoms with Crippen molar-refractivity contribution in [2.45, 2.75) is 20.3 Å². The second-order valence-corrected chi connectivity index (χ2v) is 1.00. The van der Waals surface area contributed by atoms with Gasteiger partial charge in [0.2, 0.25) is 0 Å². The van der Waals surface area contributed by atoms with Crippen LogP contribution in [0.5, 0.6) is 0 Å². The van der Waals surface area contributed by atoms with Crippen molar-refractivity contribution in [1.29, 1.82) is 0 Å². The molecule has 0 amide bonds. The third kappa shape index (κ3) is 30.6. The van der Waals surface area contributed by atoms with Gasteiger partial charge in [-0.1, -0.05) is 0 Å². The minimum absolute atomic E-state index is 0. The molecule has 0 nitrogen and oxygen atoms in total. The Kier molecular flexibility index (Phi) is 98.7. The molecular formula is C9H17Cl2Zr. The third-order valence-electron chi connectivity index (χ3n) is 0.586. The van der Waals surface area contributed by atoms with Crippen LogP contribution in [0.1, 0.15) is 20.3 Å². The van der Waals surface area contributed by atoms with E-state index >= 15 is 0 Å². The van der Waals surface area contributed by atoms with Crippen LogP contribution in [0.2, 0.25) is 0 Å². The molecule has 0 saturated heterocycles. The molecule has 1 radical (unpaired) electrons. The van der Waals surface area contributed by atoms with Gasteiger partial charge in [0, 0.05) is 0 Å². The molecule has 0 atom stereocenters. The van der Waals surface area contributed by atoms with Gasteiger partial charge in [-0.25, -0.2) is 12.2 Å². The summed E-state index contributed by atoms with van der Waals surface area (Å²) in [5.74, 6) is 0. The first-order valence-corrected chi connectivity index (χ1v) is 3.13. The summed E-state index contributed by atoms with van der Waals surface area (Å²) in [7, 11) is 0. The Morgan fingerprint density at radius 1 is 1.08 bits per heavy atom. The zero-order valence-corrected chi connectivity index (χ0v) is 11.8. The van der Waals surface area contributed by atoms with Gasteiger partial charge in [0.05, 0.1) is 0 Å². The van der Waals surface area contributed by atoms with Crippen molar-refractivity contribution in [1.82, 2.24) is 0 Å². The van der Waals surface area contributed by atoms with Crippen LogP contribution < -0.4 is 0 Å². The molecule has 3 heteroatoms. The van der Waals surface area contributed by atoms with E-state index < -0.39 is 0 Å². The van der Waals surface area contributed by atoms with Gasteiger partial charge >= 0.3 is 26.2 Å². The summed E-state index contributed by atoms with van der Waals surface area (Å²) in [6.07, 6.45) is 10.0. The minimum atomic E-state index is 0. The maximum Gasteiger partial charge on any atom is 3.00 e. The normalized spacial score (nSPS) is 8.33. The van der Waals surface area contributed by atoms with Gasteiger partial charge in [-0.2, -0.15) is 19.9 Å². The number of allylic oxidation sites excluding steroid dienone is 4. The average Bonchev–Trinajstić information content (AvgIpc) is 2.51. The van der Waals surface area contributed by atoms with Gasteiger partial charge in [0.1, 0.15) is 0 Å². The Morgan fingerprint density at radius 2 is 1.50 bits per heavy atom. The first-order valence-electron chi connectivity index (χ1n) is 3.13. The van der Waals surface area contributed by atoms with E-state index in [1.807, 2.05) is 12.2 Å². The van der Waals surface area contributed by atoms with E-state index in [4.69, 9.17) is 0 Å². The number of rotatable bonds is 0. The van der Waals surface area contributed by atoms with Gasteiger partial charge < -0.3 is 13.8 Å². The molecule has 0 fully saturated rings. The topological polar surface area (TPSA) is 0 Å². The van der Waals surface area contributed by atoms with Crippen LogP contribution in [0.4, 0.5) is 0 Å². The largest absolute Gasteiger partial charge is 3.00 e. The van der Waals surface area contributed by atoms with E-state index in [9.17, 15) is 0 Å². The van der Waals surface area contributed by atoms with Crippen LogP contribution in [0, 0.1) is 19.9 Å². The van der Waals surface area contributed by atoms with Gasteiger partial charge in [-0.05, 0) is 0 Å². The summed E-state index contributed by atoms with van der Waals surface area (Å²) >= 11 is 0. The predicted octanol–water partition coefficient (Wildman–Crippen LogP) is 3.83. The van der Waals surface area contributed by atoms with Crippen molar-refractivity contribution in [2.24, 2.45) is 0 Å². The average molecular weight is 287 g/mol. The van der Waals surface area contributed by atoms with Gasteiger partial charge in [0.25, 0.3) is 0 Å². The molecule has 1 rings (SSSR count). The molecule has 0 aromatic carbocycles. The van der Waals surface area contributed by atoms with Crippen LogP contribution in [0.15, 0.2) is 18.2 Å². The zero-order chi connectivity index (χ0) is 7.54. The van der Waals surface area contributed by atoms with Crippen molar-refractivity contribution in [3.8, 4) is 0 Å². The van der Waals surface area contributed by atoms with E-state index in [0.29, 0.717) is 0 Å². The fourth-order valence-corrected chi connectivity index (χ4v) is 0.340. The summed E-state index contributed by atoms with van der Waals surface area (Å²) in [5.41, 5.74) is 0. The summed E-state index contributed by atoms with van der Waals surface area (Å²) in [6, 6.07) is 0. The molecular weight excluding hydrogens is 270 g/mol. The maximum absolute atomic E-state index is 3.25. The molecule has 1 aliphatic rings. The molecule has 0 aromatic heterocycles. The van der Waals surface area contributed by atoms with Crippen LogP contribution >= 0.6 is 24.8 Å². The number of halogens is 2. The number of hydrogen-bond acceptors (Lipinski definition) is 0. The molecule has 0 unspecified atom stereocenters. The van der Waals surface area contributed by atoms with Crippen LogP contribution in [-0.4, -0.2) is 0 Å². The smallest absolute Gasteiger partial charge is 0.346 e. The first-order chi connectivity index (χ1) is 4.50. The monoisotopic (exact) mass is 285 g/mol. The Hall–Kier alpha value is 0.943. The quantitative estimate of drug-likeness (QED) is 0.594. The molecule has 0 saturated carbocycles. The van der Waals surface area contributed by atoms with Crippen LogP contribution in [0.3, 0.4) is 0 Å². The summed E-state index contributed by atoms with van der Waals surface area (Å²) < 4.78 is 0. The molecule has 0 N–H and O–H groups in total. The minimum Gasteiger partial charge on any atom is -0.346 e. The zero-order valence-electron chi connectivity index (χ0n) is 7.67. The van der Waals surface area contributed by atoms with Gasteiger partial charge in [-0.3, -0.25) is 6.08 Å².